The Bertz CT molecular complexity index is 122. The van der Waals surface area contributed by atoms with Gasteiger partial charge in [-0.25, -0.2) is 0 Å². The van der Waals surface area contributed by atoms with E-state index in [1.54, 1.807) is 0 Å². The zero-order chi connectivity index (χ0) is 8.23. The fourth-order valence-corrected chi connectivity index (χ4v) is 2.56. The van der Waals surface area contributed by atoms with Crippen molar-refractivity contribution >= 4 is 0 Å². The second kappa shape index (κ2) is 4.24. The average molecular weight is 168 g/mol. The van der Waals surface area contributed by atoms with Crippen molar-refractivity contribution in [2.75, 3.05) is 19.6 Å². The van der Waals surface area contributed by atoms with Gasteiger partial charge in [0.25, 0.3) is 0 Å². The zero-order valence-corrected chi connectivity index (χ0v) is 7.81. The SMILES string of the molecule is C1CNCCC(C2CCCN2)C1. The second-order valence-corrected chi connectivity index (χ2v) is 4.14. The molecule has 2 nitrogen and oxygen atoms in total. The largest absolute Gasteiger partial charge is 0.317 e. The fourth-order valence-electron chi connectivity index (χ4n) is 2.56. The van der Waals surface area contributed by atoms with E-state index >= 15 is 0 Å². The molecule has 12 heavy (non-hydrogen) atoms. The fraction of sp³-hybridized carbons (Fsp3) is 1.00. The number of rotatable bonds is 1. The molecular formula is C10H20N2. The minimum Gasteiger partial charge on any atom is -0.317 e. The lowest BCUT2D eigenvalue weighted by Gasteiger charge is -2.21. The van der Waals surface area contributed by atoms with Crippen molar-refractivity contribution in [2.45, 2.75) is 38.1 Å². The van der Waals surface area contributed by atoms with Gasteiger partial charge in [0, 0.05) is 6.04 Å². The highest BCUT2D eigenvalue weighted by atomic mass is 14.9. The van der Waals surface area contributed by atoms with Gasteiger partial charge in [0.05, 0.1) is 0 Å². The van der Waals surface area contributed by atoms with Crippen LogP contribution < -0.4 is 10.6 Å². The molecule has 2 aliphatic heterocycles. The highest BCUT2D eigenvalue weighted by Gasteiger charge is 2.24. The van der Waals surface area contributed by atoms with Crippen molar-refractivity contribution in [3.63, 3.8) is 0 Å². The van der Waals surface area contributed by atoms with Crippen molar-refractivity contribution in [3.8, 4) is 0 Å². The van der Waals surface area contributed by atoms with Gasteiger partial charge in [-0.3, -0.25) is 0 Å². The topological polar surface area (TPSA) is 24.1 Å². The predicted molar refractivity (Wildman–Crippen MR) is 51.2 cm³/mol. The molecule has 0 aliphatic carbocycles. The lowest BCUT2D eigenvalue weighted by Crippen LogP contribution is -2.30. The first-order chi connectivity index (χ1) is 5.97. The Morgan fingerprint density at radius 1 is 0.833 bits per heavy atom. The van der Waals surface area contributed by atoms with E-state index < -0.39 is 0 Å². The molecule has 0 aromatic heterocycles. The van der Waals surface area contributed by atoms with E-state index in [2.05, 4.69) is 10.6 Å². The molecule has 0 radical (unpaired) electrons. The third kappa shape index (κ3) is 1.99. The molecule has 2 aliphatic rings. The quantitative estimate of drug-likeness (QED) is 0.613. The van der Waals surface area contributed by atoms with Gasteiger partial charge in [-0.2, -0.15) is 0 Å². The maximum absolute atomic E-state index is 3.63. The molecule has 0 spiro atoms. The molecular weight excluding hydrogens is 148 g/mol. The van der Waals surface area contributed by atoms with Crippen molar-refractivity contribution in [3.05, 3.63) is 0 Å². The van der Waals surface area contributed by atoms with Crippen LogP contribution in [0.3, 0.4) is 0 Å². The summed E-state index contributed by atoms with van der Waals surface area (Å²) in [5, 5.41) is 7.10. The van der Waals surface area contributed by atoms with Crippen molar-refractivity contribution in [2.24, 2.45) is 5.92 Å². The van der Waals surface area contributed by atoms with E-state index in [0.717, 1.165) is 12.0 Å². The van der Waals surface area contributed by atoms with Crippen molar-refractivity contribution < 1.29 is 0 Å². The number of nitrogens with one attached hydrogen (secondary N) is 2. The van der Waals surface area contributed by atoms with Crippen LogP contribution in [-0.2, 0) is 0 Å². The highest BCUT2D eigenvalue weighted by molar-refractivity contribution is 4.83. The molecule has 2 rings (SSSR count). The maximum atomic E-state index is 3.63. The summed E-state index contributed by atoms with van der Waals surface area (Å²) in [4.78, 5) is 0. The summed E-state index contributed by atoms with van der Waals surface area (Å²) in [5.41, 5.74) is 0. The average Bonchev–Trinajstić information content (AvgIpc) is 2.48. The Morgan fingerprint density at radius 3 is 2.58 bits per heavy atom. The summed E-state index contributed by atoms with van der Waals surface area (Å²) in [6.45, 7) is 3.74. The summed E-state index contributed by atoms with van der Waals surface area (Å²) in [6, 6.07) is 0.852. The normalized spacial score (nSPS) is 38.0. The minimum atomic E-state index is 0.852. The van der Waals surface area contributed by atoms with Gasteiger partial charge in [-0.05, 0) is 57.7 Å². The molecule has 2 heterocycles. The maximum Gasteiger partial charge on any atom is 0.00962 e. The van der Waals surface area contributed by atoms with Gasteiger partial charge in [0.15, 0.2) is 0 Å². The summed E-state index contributed by atoms with van der Waals surface area (Å²) in [5.74, 6) is 0.961. The zero-order valence-electron chi connectivity index (χ0n) is 7.81. The Hall–Kier alpha value is -0.0800. The molecule has 0 aromatic carbocycles. The molecule has 2 heteroatoms. The van der Waals surface area contributed by atoms with E-state index in [-0.39, 0.29) is 0 Å². The van der Waals surface area contributed by atoms with E-state index in [1.165, 1.54) is 51.7 Å². The van der Waals surface area contributed by atoms with Crippen LogP contribution in [0.15, 0.2) is 0 Å². The molecule has 2 atom stereocenters. The van der Waals surface area contributed by atoms with Crippen LogP contribution in [0.2, 0.25) is 0 Å². The molecule has 2 N–H and O–H groups in total. The molecule has 70 valence electrons. The number of hydrogen-bond donors (Lipinski definition) is 2. The Balaban J connectivity index is 1.83. The molecule has 2 saturated heterocycles. The van der Waals surface area contributed by atoms with E-state index in [1.807, 2.05) is 0 Å². The van der Waals surface area contributed by atoms with Gasteiger partial charge in [-0.1, -0.05) is 0 Å². The van der Waals surface area contributed by atoms with Crippen LogP contribution in [0.25, 0.3) is 0 Å². The van der Waals surface area contributed by atoms with Gasteiger partial charge < -0.3 is 10.6 Å². The molecule has 2 unspecified atom stereocenters. The Labute approximate surface area is 75.1 Å². The monoisotopic (exact) mass is 168 g/mol. The van der Waals surface area contributed by atoms with Crippen LogP contribution in [0.1, 0.15) is 32.1 Å². The first-order valence-electron chi connectivity index (χ1n) is 5.41. The molecule has 0 amide bonds. The van der Waals surface area contributed by atoms with E-state index in [9.17, 15) is 0 Å². The highest BCUT2D eigenvalue weighted by Crippen LogP contribution is 2.23. The first kappa shape index (κ1) is 8.52. The number of hydrogen-bond acceptors (Lipinski definition) is 2. The first-order valence-corrected chi connectivity index (χ1v) is 5.41. The minimum absolute atomic E-state index is 0.852. The van der Waals surface area contributed by atoms with Crippen molar-refractivity contribution in [1.82, 2.24) is 10.6 Å². The van der Waals surface area contributed by atoms with Gasteiger partial charge in [0.1, 0.15) is 0 Å². The van der Waals surface area contributed by atoms with E-state index in [4.69, 9.17) is 0 Å². The van der Waals surface area contributed by atoms with Gasteiger partial charge >= 0.3 is 0 Å². The smallest absolute Gasteiger partial charge is 0.00962 e. The summed E-state index contributed by atoms with van der Waals surface area (Å²) < 4.78 is 0. The van der Waals surface area contributed by atoms with Gasteiger partial charge in [-0.15, -0.1) is 0 Å². The van der Waals surface area contributed by atoms with Crippen molar-refractivity contribution in [1.29, 1.82) is 0 Å². The predicted octanol–water partition coefficient (Wildman–Crippen LogP) is 1.13. The third-order valence-corrected chi connectivity index (χ3v) is 3.29. The Kier molecular flexibility index (Phi) is 3.01. The van der Waals surface area contributed by atoms with Crippen LogP contribution in [-0.4, -0.2) is 25.7 Å². The standard InChI is InChI=1S/C10H20N2/c1-3-9(5-8-11-6-1)10-4-2-7-12-10/h9-12H,1-8H2. The molecule has 2 fully saturated rings. The Morgan fingerprint density at radius 2 is 1.75 bits per heavy atom. The van der Waals surface area contributed by atoms with Gasteiger partial charge in [0.2, 0.25) is 0 Å². The lowest BCUT2D eigenvalue weighted by molar-refractivity contribution is 0.356. The van der Waals surface area contributed by atoms with Crippen LogP contribution >= 0.6 is 0 Å². The van der Waals surface area contributed by atoms with E-state index in [0.29, 0.717) is 0 Å². The third-order valence-electron chi connectivity index (χ3n) is 3.29. The van der Waals surface area contributed by atoms with Crippen LogP contribution in [0, 0.1) is 5.92 Å². The summed E-state index contributed by atoms with van der Waals surface area (Å²) >= 11 is 0. The summed E-state index contributed by atoms with van der Waals surface area (Å²) in [6.07, 6.45) is 7.02. The molecule has 0 saturated carbocycles. The lowest BCUT2D eigenvalue weighted by atomic mass is 9.91. The summed E-state index contributed by atoms with van der Waals surface area (Å²) in [7, 11) is 0. The molecule has 0 aromatic rings. The second-order valence-electron chi connectivity index (χ2n) is 4.14. The van der Waals surface area contributed by atoms with Crippen LogP contribution in [0.4, 0.5) is 0 Å². The van der Waals surface area contributed by atoms with Crippen LogP contribution in [0.5, 0.6) is 0 Å². The molecule has 0 bridgehead atoms.